The van der Waals surface area contributed by atoms with Gasteiger partial charge in [-0.15, -0.1) is 0 Å². The molecular formula is C27H30FN5O3. The van der Waals surface area contributed by atoms with E-state index in [1.54, 1.807) is 31.4 Å². The Balaban J connectivity index is 1.43. The highest BCUT2D eigenvalue weighted by atomic mass is 19.1. The smallest absolute Gasteiger partial charge is 0.159 e. The number of H-pyrrole nitrogens is 2. The molecule has 3 heterocycles. The monoisotopic (exact) mass is 491 g/mol. The SMILES string of the molecule is CCc1cc(O)ccc1-c1ccc2c(-c3nc(C4=C[C@H](CO)N(CCCOC)C4)c[nH]3)n[nH]c2c1F. The van der Waals surface area contributed by atoms with Crippen molar-refractivity contribution in [3.05, 3.63) is 59.7 Å². The molecule has 0 radical (unpaired) electrons. The Morgan fingerprint density at radius 1 is 1.22 bits per heavy atom. The fourth-order valence-corrected chi connectivity index (χ4v) is 4.90. The summed E-state index contributed by atoms with van der Waals surface area (Å²) in [7, 11) is 1.68. The number of rotatable bonds is 9. The number of phenols is 1. The number of aromatic amines is 2. The maximum atomic E-state index is 15.6. The molecule has 0 bridgehead atoms. The zero-order valence-electron chi connectivity index (χ0n) is 20.4. The van der Waals surface area contributed by atoms with E-state index in [9.17, 15) is 10.2 Å². The number of benzene rings is 2. The quantitative estimate of drug-likeness (QED) is 0.262. The first-order valence-corrected chi connectivity index (χ1v) is 12.1. The lowest BCUT2D eigenvalue weighted by molar-refractivity contribution is 0.146. The molecule has 2 aromatic heterocycles. The Morgan fingerprint density at radius 2 is 2.06 bits per heavy atom. The number of nitrogens with zero attached hydrogens (tertiary/aromatic N) is 3. The Bertz CT molecular complexity index is 1410. The van der Waals surface area contributed by atoms with Crippen molar-refractivity contribution >= 4 is 16.5 Å². The van der Waals surface area contributed by atoms with Gasteiger partial charge in [0.15, 0.2) is 11.6 Å². The summed E-state index contributed by atoms with van der Waals surface area (Å²) in [5, 5.41) is 27.5. The lowest BCUT2D eigenvalue weighted by Crippen LogP contribution is -2.34. The first-order chi connectivity index (χ1) is 17.5. The van der Waals surface area contributed by atoms with Gasteiger partial charge in [-0.1, -0.05) is 25.1 Å². The maximum absolute atomic E-state index is 15.6. The molecule has 1 atom stereocenters. The molecular weight excluding hydrogens is 461 g/mol. The summed E-state index contributed by atoms with van der Waals surface area (Å²) >= 11 is 0. The highest BCUT2D eigenvalue weighted by molar-refractivity contribution is 5.95. The van der Waals surface area contributed by atoms with E-state index < -0.39 is 5.82 Å². The van der Waals surface area contributed by atoms with Gasteiger partial charge in [0, 0.05) is 44.0 Å². The Kier molecular flexibility index (Phi) is 6.86. The minimum atomic E-state index is -0.394. The van der Waals surface area contributed by atoms with Crippen LogP contribution in [0.15, 0.2) is 42.6 Å². The molecule has 0 fully saturated rings. The number of methoxy groups -OCH3 is 1. The number of aryl methyl sites for hydroxylation is 1. The third-order valence-electron chi connectivity index (χ3n) is 6.78. The minimum Gasteiger partial charge on any atom is -0.508 e. The Labute approximate surface area is 208 Å². The molecule has 1 aliphatic rings. The molecule has 36 heavy (non-hydrogen) atoms. The number of aliphatic hydroxyl groups excluding tert-OH is 1. The van der Waals surface area contributed by atoms with Crippen LogP contribution in [0.2, 0.25) is 0 Å². The predicted octanol–water partition coefficient (Wildman–Crippen LogP) is 4.12. The van der Waals surface area contributed by atoms with Crippen molar-refractivity contribution in [1.29, 1.82) is 0 Å². The van der Waals surface area contributed by atoms with E-state index in [4.69, 9.17) is 9.72 Å². The zero-order valence-corrected chi connectivity index (χ0v) is 20.4. The van der Waals surface area contributed by atoms with Gasteiger partial charge in [0.05, 0.1) is 18.3 Å². The van der Waals surface area contributed by atoms with E-state index in [0.717, 1.165) is 35.4 Å². The highest BCUT2D eigenvalue weighted by Crippen LogP contribution is 2.35. The number of hydrogen-bond donors (Lipinski definition) is 4. The standard InChI is InChI=1S/C27H30FN5O3/c1-3-16-12-19(35)5-6-20(16)21-7-8-22-25(24(21)28)31-32-26(22)27-29-13-23(30-27)17-11-18(15-34)33(14-17)9-4-10-36-2/h5-8,11-13,18,34-35H,3-4,9-10,14-15H2,1-2H3,(H,29,30)(H,31,32)/t18-/m1/s1. The van der Waals surface area contributed by atoms with Crippen LogP contribution in [0.5, 0.6) is 5.75 Å². The highest BCUT2D eigenvalue weighted by Gasteiger charge is 2.26. The number of aromatic hydroxyl groups is 1. The largest absolute Gasteiger partial charge is 0.508 e. The van der Waals surface area contributed by atoms with Crippen molar-refractivity contribution in [2.75, 3.05) is 33.4 Å². The summed E-state index contributed by atoms with van der Waals surface area (Å²) < 4.78 is 20.7. The number of halogens is 1. The van der Waals surface area contributed by atoms with Gasteiger partial charge < -0.3 is 19.9 Å². The molecule has 8 nitrogen and oxygen atoms in total. The molecule has 188 valence electrons. The van der Waals surface area contributed by atoms with Gasteiger partial charge in [-0.05, 0) is 47.7 Å². The van der Waals surface area contributed by atoms with Crippen molar-refractivity contribution < 1.29 is 19.3 Å². The van der Waals surface area contributed by atoms with Gasteiger partial charge in [0.1, 0.15) is 17.0 Å². The number of imidazole rings is 1. The minimum absolute atomic E-state index is 0.0418. The average Bonchev–Trinajstić information content (AvgIpc) is 3.62. The first kappa shape index (κ1) is 24.2. The summed E-state index contributed by atoms with van der Waals surface area (Å²) in [6, 6.07) is 8.51. The van der Waals surface area contributed by atoms with E-state index in [1.807, 2.05) is 25.3 Å². The Hall–Kier alpha value is -3.53. The Morgan fingerprint density at radius 3 is 2.83 bits per heavy atom. The van der Waals surface area contributed by atoms with Crippen LogP contribution >= 0.6 is 0 Å². The number of ether oxygens (including phenoxy) is 1. The lowest BCUT2D eigenvalue weighted by atomic mass is 9.96. The third kappa shape index (κ3) is 4.41. The normalized spacial score (nSPS) is 16.2. The topological polar surface area (TPSA) is 110 Å². The van der Waals surface area contributed by atoms with E-state index in [-0.39, 0.29) is 18.4 Å². The summed E-state index contributed by atoms with van der Waals surface area (Å²) in [4.78, 5) is 10.1. The second-order valence-corrected chi connectivity index (χ2v) is 9.01. The van der Waals surface area contributed by atoms with Gasteiger partial charge >= 0.3 is 0 Å². The summed E-state index contributed by atoms with van der Waals surface area (Å²) in [5.74, 6) is 0.311. The maximum Gasteiger partial charge on any atom is 0.159 e. The van der Waals surface area contributed by atoms with Crippen molar-refractivity contribution in [2.24, 2.45) is 0 Å². The van der Waals surface area contributed by atoms with Gasteiger partial charge in [0.25, 0.3) is 0 Å². The summed E-state index contributed by atoms with van der Waals surface area (Å²) in [6.45, 7) is 4.19. The van der Waals surface area contributed by atoms with Crippen molar-refractivity contribution in [3.8, 4) is 28.4 Å². The van der Waals surface area contributed by atoms with Crippen LogP contribution in [0.4, 0.5) is 4.39 Å². The number of fused-ring (bicyclic) bond motifs is 1. The van der Waals surface area contributed by atoms with Crippen LogP contribution in [-0.4, -0.2) is 74.7 Å². The van der Waals surface area contributed by atoms with Crippen LogP contribution < -0.4 is 0 Å². The number of nitrogens with one attached hydrogen (secondary N) is 2. The van der Waals surface area contributed by atoms with Crippen molar-refractivity contribution in [1.82, 2.24) is 25.1 Å². The molecule has 1 aliphatic heterocycles. The fourth-order valence-electron chi connectivity index (χ4n) is 4.90. The van der Waals surface area contributed by atoms with Crippen molar-refractivity contribution in [2.45, 2.75) is 25.8 Å². The molecule has 2 aromatic carbocycles. The molecule has 0 unspecified atom stereocenters. The molecule has 0 spiro atoms. The van der Waals surface area contributed by atoms with Crippen LogP contribution in [0.1, 0.15) is 24.6 Å². The molecule has 0 aliphatic carbocycles. The van der Waals surface area contributed by atoms with E-state index >= 15 is 4.39 Å². The van der Waals surface area contributed by atoms with Crippen LogP contribution in [0.3, 0.4) is 0 Å². The number of aromatic nitrogens is 4. The predicted molar refractivity (Wildman–Crippen MR) is 137 cm³/mol. The van der Waals surface area contributed by atoms with Gasteiger partial charge in [-0.2, -0.15) is 5.10 Å². The van der Waals surface area contributed by atoms with Gasteiger partial charge in [0.2, 0.25) is 0 Å². The molecule has 4 N–H and O–H groups in total. The molecule has 0 amide bonds. The molecule has 0 saturated carbocycles. The molecule has 9 heteroatoms. The third-order valence-corrected chi connectivity index (χ3v) is 6.78. The van der Waals surface area contributed by atoms with Crippen LogP contribution in [-0.2, 0) is 11.2 Å². The van der Waals surface area contributed by atoms with Gasteiger partial charge in [-0.25, -0.2) is 9.37 Å². The van der Waals surface area contributed by atoms with E-state index in [2.05, 4.69) is 20.1 Å². The zero-order chi connectivity index (χ0) is 25.2. The second kappa shape index (κ2) is 10.2. The van der Waals surface area contributed by atoms with Crippen LogP contribution in [0.25, 0.3) is 39.1 Å². The summed E-state index contributed by atoms with van der Waals surface area (Å²) in [6.07, 6.45) is 5.42. The fraction of sp³-hybridized carbons (Fsp3) is 0.333. The molecule has 5 rings (SSSR count). The number of aliphatic hydroxyl groups is 1. The van der Waals surface area contributed by atoms with Gasteiger partial charge in [-0.3, -0.25) is 10.00 Å². The number of hydrogen-bond acceptors (Lipinski definition) is 6. The summed E-state index contributed by atoms with van der Waals surface area (Å²) in [5.41, 5.74) is 4.72. The molecule has 4 aromatic rings. The van der Waals surface area contributed by atoms with E-state index in [1.165, 1.54) is 0 Å². The van der Waals surface area contributed by atoms with Crippen molar-refractivity contribution in [3.63, 3.8) is 0 Å². The first-order valence-electron chi connectivity index (χ1n) is 12.1. The van der Waals surface area contributed by atoms with E-state index in [0.29, 0.717) is 47.6 Å². The average molecular weight is 492 g/mol. The van der Waals surface area contributed by atoms with Crippen LogP contribution in [0, 0.1) is 5.82 Å². The second-order valence-electron chi connectivity index (χ2n) is 9.01. The lowest BCUT2D eigenvalue weighted by Gasteiger charge is -2.22. The number of phenolic OH excluding ortho intramolecular Hbond substituents is 1. The molecule has 0 saturated heterocycles.